The van der Waals surface area contributed by atoms with Crippen LogP contribution in [0.3, 0.4) is 0 Å². The largest absolute Gasteiger partial charge is 0.481 e. The van der Waals surface area contributed by atoms with Gasteiger partial charge in [-0.1, -0.05) is 6.92 Å². The van der Waals surface area contributed by atoms with Crippen LogP contribution in [0.25, 0.3) is 0 Å². The van der Waals surface area contributed by atoms with E-state index in [1.807, 2.05) is 4.90 Å². The molecule has 0 saturated carbocycles. The van der Waals surface area contributed by atoms with E-state index in [9.17, 15) is 9.59 Å². The Morgan fingerprint density at radius 1 is 1.15 bits per heavy atom. The van der Waals surface area contributed by atoms with Crippen molar-refractivity contribution in [3.05, 3.63) is 0 Å². The van der Waals surface area contributed by atoms with Gasteiger partial charge in [0.1, 0.15) is 0 Å². The number of hydrogen-bond donors (Lipinski definition) is 1. The molecule has 114 valence electrons. The van der Waals surface area contributed by atoms with E-state index in [1.54, 1.807) is 4.90 Å². The van der Waals surface area contributed by atoms with Crippen LogP contribution in [0.2, 0.25) is 0 Å². The number of amides is 2. The van der Waals surface area contributed by atoms with Crippen LogP contribution in [0.15, 0.2) is 0 Å². The molecule has 0 aromatic carbocycles. The second-order valence-corrected chi connectivity index (χ2v) is 5.83. The molecule has 0 radical (unpaired) electrons. The van der Waals surface area contributed by atoms with E-state index >= 15 is 0 Å². The molecular weight excluding hydrogens is 258 g/mol. The number of carbonyl (C=O) groups is 2. The van der Waals surface area contributed by atoms with Gasteiger partial charge in [0.05, 0.1) is 5.92 Å². The second-order valence-electron chi connectivity index (χ2n) is 5.83. The third-order valence-electron chi connectivity index (χ3n) is 4.48. The quantitative estimate of drug-likeness (QED) is 0.819. The first-order valence-electron chi connectivity index (χ1n) is 7.53. The van der Waals surface area contributed by atoms with Gasteiger partial charge in [0.2, 0.25) is 0 Å². The van der Waals surface area contributed by atoms with Crippen molar-refractivity contribution in [2.75, 3.05) is 39.3 Å². The zero-order chi connectivity index (χ0) is 14.7. The Morgan fingerprint density at radius 3 is 2.45 bits per heavy atom. The normalized spacial score (nSPS) is 28.5. The summed E-state index contributed by atoms with van der Waals surface area (Å²) in [6.45, 7) is 8.70. The fraction of sp³-hybridized carbons (Fsp3) is 0.857. The summed E-state index contributed by atoms with van der Waals surface area (Å²) in [4.78, 5) is 29.5. The van der Waals surface area contributed by atoms with Crippen LogP contribution < -0.4 is 0 Å². The van der Waals surface area contributed by atoms with Gasteiger partial charge >= 0.3 is 12.0 Å². The van der Waals surface area contributed by atoms with Crippen molar-refractivity contribution in [1.82, 2.24) is 14.7 Å². The first-order chi connectivity index (χ1) is 9.52. The Balaban J connectivity index is 1.92. The van der Waals surface area contributed by atoms with Crippen molar-refractivity contribution in [3.63, 3.8) is 0 Å². The molecule has 2 aliphatic heterocycles. The molecule has 2 fully saturated rings. The van der Waals surface area contributed by atoms with Crippen molar-refractivity contribution in [3.8, 4) is 0 Å². The van der Waals surface area contributed by atoms with Crippen LogP contribution >= 0.6 is 0 Å². The lowest BCUT2D eigenvalue weighted by Crippen LogP contribution is -2.57. The number of urea groups is 1. The number of carbonyl (C=O) groups excluding carboxylic acids is 1. The molecule has 0 aliphatic carbocycles. The monoisotopic (exact) mass is 283 g/mol. The molecule has 2 atom stereocenters. The summed E-state index contributed by atoms with van der Waals surface area (Å²) in [6.07, 6.45) is 1.46. The molecule has 2 amide bonds. The number of carboxylic acid groups (broad SMARTS) is 1. The van der Waals surface area contributed by atoms with E-state index in [0.717, 1.165) is 32.6 Å². The predicted octanol–water partition coefficient (Wildman–Crippen LogP) is 0.929. The molecule has 0 bridgehead atoms. The maximum atomic E-state index is 12.5. The molecule has 0 spiro atoms. The molecule has 2 aliphatic rings. The fourth-order valence-electron chi connectivity index (χ4n) is 3.19. The number of aliphatic carboxylic acids is 1. The maximum absolute atomic E-state index is 12.5. The van der Waals surface area contributed by atoms with Gasteiger partial charge in [-0.3, -0.25) is 9.69 Å². The summed E-state index contributed by atoms with van der Waals surface area (Å²) >= 11 is 0. The minimum absolute atomic E-state index is 0.0125. The lowest BCUT2D eigenvalue weighted by Gasteiger charge is -2.42. The van der Waals surface area contributed by atoms with E-state index < -0.39 is 11.9 Å². The van der Waals surface area contributed by atoms with Crippen LogP contribution in [-0.4, -0.2) is 77.1 Å². The Hall–Kier alpha value is -1.30. The standard InChI is InChI=1S/C14H25N3O3/c1-3-15-7-8-17(9-11(15)2)14(20)16-6-4-5-12(10-16)13(18)19/h11-12H,3-10H2,1-2H3,(H,18,19). The lowest BCUT2D eigenvalue weighted by molar-refractivity contribution is -0.143. The Labute approximate surface area is 120 Å². The molecule has 6 nitrogen and oxygen atoms in total. The third kappa shape index (κ3) is 3.23. The van der Waals surface area contributed by atoms with Crippen LogP contribution in [0.5, 0.6) is 0 Å². The zero-order valence-corrected chi connectivity index (χ0v) is 12.4. The van der Waals surface area contributed by atoms with Crippen LogP contribution in [0, 0.1) is 5.92 Å². The molecule has 0 aromatic rings. The highest BCUT2D eigenvalue weighted by molar-refractivity contribution is 5.76. The van der Waals surface area contributed by atoms with Crippen molar-refractivity contribution in [2.45, 2.75) is 32.7 Å². The molecule has 2 heterocycles. The topological polar surface area (TPSA) is 64.1 Å². The highest BCUT2D eigenvalue weighted by Crippen LogP contribution is 2.19. The van der Waals surface area contributed by atoms with Gasteiger partial charge in [-0.2, -0.15) is 0 Å². The molecule has 2 rings (SSSR count). The molecule has 20 heavy (non-hydrogen) atoms. The van der Waals surface area contributed by atoms with Gasteiger partial charge in [0, 0.05) is 38.8 Å². The highest BCUT2D eigenvalue weighted by atomic mass is 16.4. The van der Waals surface area contributed by atoms with E-state index in [-0.39, 0.29) is 6.03 Å². The average molecular weight is 283 g/mol. The fourth-order valence-corrected chi connectivity index (χ4v) is 3.19. The van der Waals surface area contributed by atoms with E-state index in [2.05, 4.69) is 18.7 Å². The van der Waals surface area contributed by atoms with Crippen LogP contribution in [0.1, 0.15) is 26.7 Å². The number of piperazine rings is 1. The Morgan fingerprint density at radius 2 is 1.85 bits per heavy atom. The number of likely N-dealkylation sites (N-methyl/N-ethyl adjacent to an activating group) is 1. The van der Waals surface area contributed by atoms with E-state index in [4.69, 9.17) is 5.11 Å². The molecule has 6 heteroatoms. The molecule has 2 saturated heterocycles. The van der Waals surface area contributed by atoms with Crippen LogP contribution in [-0.2, 0) is 4.79 Å². The van der Waals surface area contributed by atoms with E-state index in [0.29, 0.717) is 25.6 Å². The number of carboxylic acids is 1. The van der Waals surface area contributed by atoms with Gasteiger partial charge < -0.3 is 14.9 Å². The molecular formula is C14H25N3O3. The summed E-state index contributed by atoms with van der Waals surface area (Å²) in [7, 11) is 0. The first-order valence-corrected chi connectivity index (χ1v) is 7.53. The van der Waals surface area contributed by atoms with Gasteiger partial charge in [-0.05, 0) is 26.3 Å². The minimum atomic E-state index is -0.785. The molecule has 2 unspecified atom stereocenters. The van der Waals surface area contributed by atoms with Gasteiger partial charge in [0.15, 0.2) is 0 Å². The van der Waals surface area contributed by atoms with E-state index in [1.165, 1.54) is 0 Å². The van der Waals surface area contributed by atoms with Crippen LogP contribution in [0.4, 0.5) is 4.79 Å². The summed E-state index contributed by atoms with van der Waals surface area (Å²) in [5.74, 6) is -1.19. The summed E-state index contributed by atoms with van der Waals surface area (Å²) in [5, 5.41) is 9.10. The predicted molar refractivity (Wildman–Crippen MR) is 75.6 cm³/mol. The molecule has 1 N–H and O–H groups in total. The lowest BCUT2D eigenvalue weighted by atomic mass is 9.98. The number of likely N-dealkylation sites (tertiary alicyclic amines) is 1. The smallest absolute Gasteiger partial charge is 0.320 e. The van der Waals surface area contributed by atoms with Crippen molar-refractivity contribution in [2.24, 2.45) is 5.92 Å². The summed E-state index contributed by atoms with van der Waals surface area (Å²) in [5.41, 5.74) is 0. The summed E-state index contributed by atoms with van der Waals surface area (Å²) < 4.78 is 0. The second kappa shape index (κ2) is 6.43. The average Bonchev–Trinajstić information content (AvgIpc) is 2.46. The number of rotatable bonds is 2. The Kier molecular flexibility index (Phi) is 4.86. The molecule has 0 aromatic heterocycles. The SMILES string of the molecule is CCN1CCN(C(=O)N2CCCC(C(=O)O)C2)CC1C. The Bertz CT molecular complexity index is 375. The number of piperidine rings is 1. The van der Waals surface area contributed by atoms with Crippen molar-refractivity contribution >= 4 is 12.0 Å². The van der Waals surface area contributed by atoms with Gasteiger partial charge in [0.25, 0.3) is 0 Å². The third-order valence-corrected chi connectivity index (χ3v) is 4.48. The maximum Gasteiger partial charge on any atom is 0.320 e. The van der Waals surface area contributed by atoms with Gasteiger partial charge in [-0.25, -0.2) is 4.79 Å². The van der Waals surface area contributed by atoms with Crippen molar-refractivity contribution in [1.29, 1.82) is 0 Å². The highest BCUT2D eigenvalue weighted by Gasteiger charge is 2.33. The van der Waals surface area contributed by atoms with Crippen molar-refractivity contribution < 1.29 is 14.7 Å². The zero-order valence-electron chi connectivity index (χ0n) is 12.4. The first kappa shape index (κ1) is 15.1. The number of hydrogen-bond acceptors (Lipinski definition) is 3. The number of nitrogens with zero attached hydrogens (tertiary/aromatic N) is 3. The van der Waals surface area contributed by atoms with Gasteiger partial charge in [-0.15, -0.1) is 0 Å². The summed E-state index contributed by atoms with van der Waals surface area (Å²) in [6, 6.07) is 0.385. The minimum Gasteiger partial charge on any atom is -0.481 e.